The average molecular weight is 300 g/mol. The summed E-state index contributed by atoms with van der Waals surface area (Å²) in [5, 5.41) is 3.27. The first kappa shape index (κ1) is 15.0. The Kier molecular flexibility index (Phi) is 4.77. The molecule has 0 amide bonds. The van der Waals surface area contributed by atoms with Crippen molar-refractivity contribution in [3.8, 4) is 0 Å². The molecule has 1 N–H and O–H groups in total. The van der Waals surface area contributed by atoms with E-state index in [-0.39, 0.29) is 6.04 Å². The van der Waals surface area contributed by atoms with Crippen LogP contribution in [0.3, 0.4) is 0 Å². The van der Waals surface area contributed by atoms with Gasteiger partial charge in [0.1, 0.15) is 0 Å². The molecule has 1 aromatic carbocycles. The van der Waals surface area contributed by atoms with Gasteiger partial charge in [0.2, 0.25) is 0 Å². The Morgan fingerprint density at radius 1 is 1.35 bits per heavy atom. The normalized spacial score (nSPS) is 13.4. The second-order valence-electron chi connectivity index (χ2n) is 4.41. The van der Waals surface area contributed by atoms with E-state index in [9.17, 15) is 13.2 Å². The molecule has 2 rings (SSSR count). The Balaban J connectivity index is 2.34. The molecular weight excluding hydrogens is 285 g/mol. The van der Waals surface area contributed by atoms with Crippen LogP contribution in [0.1, 0.15) is 35.4 Å². The molecule has 0 saturated heterocycles. The molecule has 0 aliphatic rings. The average Bonchev–Trinajstić information content (AvgIpc) is 2.92. The van der Waals surface area contributed by atoms with Gasteiger partial charge in [-0.05, 0) is 30.7 Å². The molecule has 20 heavy (non-hydrogen) atoms. The number of thiazole rings is 1. The van der Waals surface area contributed by atoms with E-state index in [0.29, 0.717) is 5.56 Å². The van der Waals surface area contributed by atoms with Gasteiger partial charge in [0.25, 0.3) is 0 Å². The van der Waals surface area contributed by atoms with Crippen molar-refractivity contribution in [3.63, 3.8) is 0 Å². The number of aromatic nitrogens is 1. The molecule has 0 radical (unpaired) electrons. The van der Waals surface area contributed by atoms with Crippen LogP contribution in [0.4, 0.5) is 13.2 Å². The fourth-order valence-corrected chi connectivity index (χ4v) is 2.65. The zero-order valence-electron chi connectivity index (χ0n) is 10.9. The third-order valence-corrected chi connectivity index (χ3v) is 3.72. The van der Waals surface area contributed by atoms with E-state index >= 15 is 0 Å². The van der Waals surface area contributed by atoms with E-state index in [4.69, 9.17) is 0 Å². The van der Waals surface area contributed by atoms with Gasteiger partial charge in [-0.25, -0.2) is 0 Å². The lowest BCUT2D eigenvalue weighted by molar-refractivity contribution is -0.137. The number of hydrogen-bond donors (Lipinski definition) is 1. The van der Waals surface area contributed by atoms with Crippen molar-refractivity contribution in [1.29, 1.82) is 0 Å². The van der Waals surface area contributed by atoms with E-state index < -0.39 is 11.7 Å². The summed E-state index contributed by atoms with van der Waals surface area (Å²) in [5.74, 6) is 0. The van der Waals surface area contributed by atoms with Crippen LogP contribution >= 0.6 is 11.3 Å². The standard InChI is InChI=1S/C14H15F3N2S/c1-2-6-19-13(12-8-18-9-20-12)10-4-3-5-11(7-10)14(15,16)17/h3-5,7-9,13,19H,2,6H2,1H3. The molecule has 6 heteroatoms. The zero-order chi connectivity index (χ0) is 14.6. The fourth-order valence-electron chi connectivity index (χ4n) is 1.93. The second-order valence-corrected chi connectivity index (χ2v) is 5.33. The summed E-state index contributed by atoms with van der Waals surface area (Å²) < 4.78 is 38.4. The zero-order valence-corrected chi connectivity index (χ0v) is 11.8. The molecule has 108 valence electrons. The first-order valence-electron chi connectivity index (χ1n) is 6.31. The summed E-state index contributed by atoms with van der Waals surface area (Å²) >= 11 is 1.43. The van der Waals surface area contributed by atoms with Crippen molar-refractivity contribution in [2.24, 2.45) is 0 Å². The van der Waals surface area contributed by atoms with Gasteiger partial charge >= 0.3 is 6.18 Å². The van der Waals surface area contributed by atoms with Crippen LogP contribution in [0, 0.1) is 0 Å². The predicted molar refractivity (Wildman–Crippen MR) is 73.7 cm³/mol. The maximum Gasteiger partial charge on any atom is 0.416 e. The minimum absolute atomic E-state index is 0.246. The van der Waals surface area contributed by atoms with Gasteiger partial charge in [-0.3, -0.25) is 4.98 Å². The number of nitrogens with one attached hydrogen (secondary N) is 1. The number of halogens is 3. The van der Waals surface area contributed by atoms with E-state index in [1.807, 2.05) is 6.92 Å². The molecular formula is C14H15F3N2S. The topological polar surface area (TPSA) is 24.9 Å². The first-order chi connectivity index (χ1) is 9.52. The molecule has 2 aromatic rings. The molecule has 1 heterocycles. The highest BCUT2D eigenvalue weighted by Gasteiger charge is 2.31. The van der Waals surface area contributed by atoms with Gasteiger partial charge in [0.05, 0.1) is 17.1 Å². The van der Waals surface area contributed by atoms with Gasteiger partial charge < -0.3 is 5.32 Å². The first-order valence-corrected chi connectivity index (χ1v) is 7.19. The molecule has 0 aliphatic heterocycles. The van der Waals surface area contributed by atoms with Crippen LogP contribution in [0.5, 0.6) is 0 Å². The Hall–Kier alpha value is -1.40. The number of nitrogens with zero attached hydrogens (tertiary/aromatic N) is 1. The summed E-state index contributed by atoms with van der Waals surface area (Å²) in [4.78, 5) is 4.92. The molecule has 1 aromatic heterocycles. The maximum absolute atomic E-state index is 12.8. The molecule has 1 unspecified atom stereocenters. The lowest BCUT2D eigenvalue weighted by Gasteiger charge is -2.18. The maximum atomic E-state index is 12.8. The van der Waals surface area contributed by atoms with Crippen LogP contribution in [-0.4, -0.2) is 11.5 Å². The lowest BCUT2D eigenvalue weighted by Crippen LogP contribution is -2.22. The van der Waals surface area contributed by atoms with Gasteiger partial charge in [0, 0.05) is 11.1 Å². The molecule has 2 nitrogen and oxygen atoms in total. The summed E-state index contributed by atoms with van der Waals surface area (Å²) in [6.45, 7) is 2.75. The third-order valence-electron chi connectivity index (χ3n) is 2.88. The monoisotopic (exact) mass is 300 g/mol. The molecule has 0 saturated carbocycles. The minimum Gasteiger partial charge on any atom is -0.306 e. The molecule has 0 spiro atoms. The highest BCUT2D eigenvalue weighted by atomic mass is 32.1. The summed E-state index contributed by atoms with van der Waals surface area (Å²) in [6, 6.07) is 5.20. The smallest absolute Gasteiger partial charge is 0.306 e. The highest BCUT2D eigenvalue weighted by molar-refractivity contribution is 7.09. The Labute approximate surface area is 119 Å². The van der Waals surface area contributed by atoms with Gasteiger partial charge in [-0.2, -0.15) is 13.2 Å². The quantitative estimate of drug-likeness (QED) is 0.893. The van der Waals surface area contributed by atoms with Gasteiger partial charge in [-0.15, -0.1) is 11.3 Å². The van der Waals surface area contributed by atoms with Crippen molar-refractivity contribution in [2.45, 2.75) is 25.6 Å². The van der Waals surface area contributed by atoms with E-state index in [0.717, 1.165) is 23.9 Å². The summed E-state index contributed by atoms with van der Waals surface area (Å²) in [7, 11) is 0. The molecule has 1 atom stereocenters. The van der Waals surface area contributed by atoms with Crippen LogP contribution in [-0.2, 0) is 6.18 Å². The number of hydrogen-bond acceptors (Lipinski definition) is 3. The third kappa shape index (κ3) is 3.58. The summed E-state index contributed by atoms with van der Waals surface area (Å²) in [5.41, 5.74) is 1.67. The van der Waals surface area contributed by atoms with E-state index in [1.54, 1.807) is 17.8 Å². The largest absolute Gasteiger partial charge is 0.416 e. The minimum atomic E-state index is -4.32. The van der Waals surface area contributed by atoms with Crippen LogP contribution in [0.25, 0.3) is 0 Å². The van der Waals surface area contributed by atoms with Crippen molar-refractivity contribution in [2.75, 3.05) is 6.54 Å². The van der Waals surface area contributed by atoms with E-state index in [2.05, 4.69) is 10.3 Å². The summed E-state index contributed by atoms with van der Waals surface area (Å²) in [6.07, 6.45) is -1.72. The number of alkyl halides is 3. The fraction of sp³-hybridized carbons (Fsp3) is 0.357. The highest BCUT2D eigenvalue weighted by Crippen LogP contribution is 2.32. The van der Waals surface area contributed by atoms with E-state index in [1.165, 1.54) is 23.5 Å². The second kappa shape index (κ2) is 6.37. The van der Waals surface area contributed by atoms with Crippen molar-refractivity contribution in [1.82, 2.24) is 10.3 Å². The van der Waals surface area contributed by atoms with Crippen molar-refractivity contribution in [3.05, 3.63) is 52.0 Å². The lowest BCUT2D eigenvalue weighted by atomic mass is 10.0. The van der Waals surface area contributed by atoms with Gasteiger partial charge in [-0.1, -0.05) is 19.1 Å². The molecule has 0 aliphatic carbocycles. The van der Waals surface area contributed by atoms with Gasteiger partial charge in [0.15, 0.2) is 0 Å². The Morgan fingerprint density at radius 2 is 2.15 bits per heavy atom. The number of benzene rings is 1. The SMILES string of the molecule is CCCNC(c1cccc(C(F)(F)F)c1)c1cncs1. The van der Waals surface area contributed by atoms with Crippen LogP contribution < -0.4 is 5.32 Å². The molecule has 0 fully saturated rings. The van der Waals surface area contributed by atoms with Crippen LogP contribution in [0.15, 0.2) is 36.0 Å². The van der Waals surface area contributed by atoms with Crippen molar-refractivity contribution >= 4 is 11.3 Å². The Bertz CT molecular complexity index is 538. The Morgan fingerprint density at radius 3 is 2.75 bits per heavy atom. The number of rotatable bonds is 5. The predicted octanol–water partition coefficient (Wildman–Crippen LogP) is 4.25. The van der Waals surface area contributed by atoms with Crippen molar-refractivity contribution < 1.29 is 13.2 Å². The van der Waals surface area contributed by atoms with Crippen LogP contribution in [0.2, 0.25) is 0 Å². The molecule has 0 bridgehead atoms.